The number of β-amino-alcohol motifs (C(OH)–C–C–N with tert-alkyl or cyclic N) is 1. The van der Waals surface area contributed by atoms with E-state index in [9.17, 15) is 19.5 Å². The summed E-state index contributed by atoms with van der Waals surface area (Å²) in [5.74, 6) is -0.811. The zero-order chi connectivity index (χ0) is 19.6. The third-order valence-electron chi connectivity index (χ3n) is 5.13. The van der Waals surface area contributed by atoms with Crippen LogP contribution in [0.3, 0.4) is 0 Å². The summed E-state index contributed by atoms with van der Waals surface area (Å²) in [7, 11) is 0. The number of aliphatic hydroxyl groups is 1. The van der Waals surface area contributed by atoms with Crippen LogP contribution in [0.4, 0.5) is 10.5 Å². The molecule has 0 unspecified atom stereocenters. The summed E-state index contributed by atoms with van der Waals surface area (Å²) in [6.45, 7) is 2.07. The van der Waals surface area contributed by atoms with Crippen molar-refractivity contribution >= 4 is 35.2 Å². The molecule has 1 saturated carbocycles. The van der Waals surface area contributed by atoms with Crippen LogP contribution in [0.1, 0.15) is 32.6 Å². The first-order chi connectivity index (χ1) is 12.8. The van der Waals surface area contributed by atoms with Crippen molar-refractivity contribution in [2.75, 3.05) is 24.6 Å². The number of urea groups is 1. The molecule has 0 aromatic heterocycles. The lowest BCUT2D eigenvalue weighted by atomic mass is 9.78. The number of anilines is 1. The molecule has 0 bridgehead atoms. The Bertz CT molecular complexity index is 745. The van der Waals surface area contributed by atoms with Gasteiger partial charge in [0.1, 0.15) is 6.54 Å². The standard InChI is InChI=1S/C19H23ClN2O5/c1-2-27-17(24)13-6-8-19(26,9-7-13)12-21-11-16(23)22(18(21)25)15-5-3-4-14(20)10-15/h3-5,10,13,26H,2,6-9,11-12H2,1H3. The highest BCUT2D eigenvalue weighted by Gasteiger charge is 2.43. The molecule has 3 rings (SSSR count). The van der Waals surface area contributed by atoms with E-state index in [2.05, 4.69) is 0 Å². The first-order valence-corrected chi connectivity index (χ1v) is 9.47. The second-order valence-corrected chi connectivity index (χ2v) is 7.53. The van der Waals surface area contributed by atoms with Gasteiger partial charge in [0, 0.05) is 5.02 Å². The van der Waals surface area contributed by atoms with E-state index in [-0.39, 0.29) is 30.9 Å². The molecule has 1 N–H and O–H groups in total. The molecule has 7 nitrogen and oxygen atoms in total. The monoisotopic (exact) mass is 394 g/mol. The second-order valence-electron chi connectivity index (χ2n) is 7.10. The number of imide groups is 1. The van der Waals surface area contributed by atoms with Crippen LogP contribution in [0.2, 0.25) is 5.02 Å². The van der Waals surface area contributed by atoms with Gasteiger partial charge in [0.25, 0.3) is 5.91 Å². The average Bonchev–Trinajstić information content (AvgIpc) is 2.88. The summed E-state index contributed by atoms with van der Waals surface area (Å²) in [4.78, 5) is 39.3. The van der Waals surface area contributed by atoms with Crippen LogP contribution in [-0.4, -0.2) is 53.2 Å². The van der Waals surface area contributed by atoms with E-state index in [0.29, 0.717) is 43.0 Å². The highest BCUT2D eigenvalue weighted by molar-refractivity contribution is 6.31. The molecular weight excluding hydrogens is 372 g/mol. The number of carbonyl (C=O) groups excluding carboxylic acids is 3. The summed E-state index contributed by atoms with van der Waals surface area (Å²) >= 11 is 5.95. The van der Waals surface area contributed by atoms with Gasteiger partial charge in [-0.3, -0.25) is 9.59 Å². The molecule has 1 saturated heterocycles. The predicted molar refractivity (Wildman–Crippen MR) is 99.4 cm³/mol. The van der Waals surface area contributed by atoms with Crippen LogP contribution in [0.5, 0.6) is 0 Å². The lowest BCUT2D eigenvalue weighted by Gasteiger charge is -2.37. The van der Waals surface area contributed by atoms with Crippen molar-refractivity contribution in [3.8, 4) is 0 Å². The normalized spacial score (nSPS) is 25.8. The first kappa shape index (κ1) is 19.6. The third kappa shape index (κ3) is 4.25. The number of hydrogen-bond acceptors (Lipinski definition) is 5. The van der Waals surface area contributed by atoms with Gasteiger partial charge in [0.2, 0.25) is 0 Å². The molecule has 8 heteroatoms. The van der Waals surface area contributed by atoms with Crippen molar-refractivity contribution in [3.63, 3.8) is 0 Å². The maximum Gasteiger partial charge on any atom is 0.331 e. The molecule has 1 aliphatic heterocycles. The maximum atomic E-state index is 12.7. The number of hydrogen-bond donors (Lipinski definition) is 1. The Morgan fingerprint density at radius 2 is 2.04 bits per heavy atom. The molecule has 146 valence electrons. The van der Waals surface area contributed by atoms with Crippen LogP contribution in [0, 0.1) is 5.92 Å². The fourth-order valence-electron chi connectivity index (χ4n) is 3.71. The number of ether oxygens (including phenoxy) is 1. The van der Waals surface area contributed by atoms with Crippen molar-refractivity contribution in [2.45, 2.75) is 38.2 Å². The lowest BCUT2D eigenvalue weighted by Crippen LogP contribution is -2.47. The predicted octanol–water partition coefficient (Wildman–Crippen LogP) is 2.59. The Morgan fingerprint density at radius 1 is 1.33 bits per heavy atom. The van der Waals surface area contributed by atoms with Crippen LogP contribution < -0.4 is 4.90 Å². The molecular formula is C19H23ClN2O5. The molecule has 0 atom stereocenters. The van der Waals surface area contributed by atoms with E-state index < -0.39 is 11.6 Å². The lowest BCUT2D eigenvalue weighted by molar-refractivity contribution is -0.151. The van der Waals surface area contributed by atoms with E-state index in [0.717, 1.165) is 4.90 Å². The topological polar surface area (TPSA) is 87.2 Å². The Labute approximate surface area is 162 Å². The van der Waals surface area contributed by atoms with Gasteiger partial charge in [-0.05, 0) is 50.8 Å². The van der Waals surface area contributed by atoms with E-state index >= 15 is 0 Å². The van der Waals surface area contributed by atoms with Gasteiger partial charge in [-0.15, -0.1) is 0 Å². The van der Waals surface area contributed by atoms with Crippen LogP contribution in [0.15, 0.2) is 24.3 Å². The minimum absolute atomic E-state index is 0.0597. The second kappa shape index (κ2) is 7.86. The van der Waals surface area contributed by atoms with Crippen molar-refractivity contribution in [2.24, 2.45) is 5.92 Å². The molecule has 1 aromatic carbocycles. The van der Waals surface area contributed by atoms with Gasteiger partial charge in [0.15, 0.2) is 0 Å². The molecule has 2 aliphatic rings. The Hall–Kier alpha value is -2.12. The molecule has 1 aromatic rings. The SMILES string of the molecule is CCOC(=O)C1CCC(O)(CN2CC(=O)N(c3cccc(Cl)c3)C2=O)CC1. The van der Waals surface area contributed by atoms with Gasteiger partial charge < -0.3 is 14.7 Å². The number of esters is 1. The Morgan fingerprint density at radius 3 is 2.67 bits per heavy atom. The quantitative estimate of drug-likeness (QED) is 0.612. The van der Waals surface area contributed by atoms with Gasteiger partial charge >= 0.3 is 12.0 Å². The van der Waals surface area contributed by atoms with E-state index in [1.165, 1.54) is 4.90 Å². The molecule has 0 radical (unpaired) electrons. The minimum atomic E-state index is -1.11. The number of nitrogens with zero attached hydrogens (tertiary/aromatic N) is 2. The highest BCUT2D eigenvalue weighted by Crippen LogP contribution is 2.34. The van der Waals surface area contributed by atoms with Crippen molar-refractivity contribution in [1.29, 1.82) is 0 Å². The summed E-state index contributed by atoms with van der Waals surface area (Å²) in [5, 5.41) is 11.3. The number of carbonyl (C=O) groups is 3. The van der Waals surface area contributed by atoms with Crippen LogP contribution in [0.25, 0.3) is 0 Å². The average molecular weight is 395 g/mol. The van der Waals surface area contributed by atoms with Gasteiger partial charge in [-0.2, -0.15) is 0 Å². The van der Waals surface area contributed by atoms with Gasteiger partial charge in [-0.1, -0.05) is 17.7 Å². The molecule has 27 heavy (non-hydrogen) atoms. The fraction of sp³-hybridized carbons (Fsp3) is 0.526. The van der Waals surface area contributed by atoms with Crippen LogP contribution >= 0.6 is 11.6 Å². The first-order valence-electron chi connectivity index (χ1n) is 9.09. The van der Waals surface area contributed by atoms with Gasteiger partial charge in [0.05, 0.1) is 30.4 Å². The molecule has 1 heterocycles. The summed E-state index contributed by atoms with van der Waals surface area (Å²) in [6.07, 6.45) is 1.77. The Kier molecular flexibility index (Phi) is 5.72. The minimum Gasteiger partial charge on any atom is -0.466 e. The Balaban J connectivity index is 1.64. The zero-order valence-electron chi connectivity index (χ0n) is 15.2. The smallest absolute Gasteiger partial charge is 0.331 e. The molecule has 0 spiro atoms. The van der Waals surface area contributed by atoms with Crippen molar-refractivity contribution in [1.82, 2.24) is 4.90 Å². The van der Waals surface area contributed by atoms with Gasteiger partial charge in [-0.25, -0.2) is 9.69 Å². The number of amides is 3. The summed E-state index contributed by atoms with van der Waals surface area (Å²) in [5.41, 5.74) is -0.693. The zero-order valence-corrected chi connectivity index (χ0v) is 15.9. The van der Waals surface area contributed by atoms with E-state index in [4.69, 9.17) is 16.3 Å². The third-order valence-corrected chi connectivity index (χ3v) is 5.36. The summed E-state index contributed by atoms with van der Waals surface area (Å²) in [6, 6.07) is 6.07. The number of rotatable bonds is 5. The maximum absolute atomic E-state index is 12.7. The van der Waals surface area contributed by atoms with Crippen molar-refractivity contribution in [3.05, 3.63) is 29.3 Å². The molecule has 2 fully saturated rings. The largest absolute Gasteiger partial charge is 0.466 e. The highest BCUT2D eigenvalue weighted by atomic mass is 35.5. The molecule has 1 aliphatic carbocycles. The summed E-state index contributed by atoms with van der Waals surface area (Å²) < 4.78 is 5.04. The number of benzene rings is 1. The van der Waals surface area contributed by atoms with E-state index in [1.54, 1.807) is 31.2 Å². The fourth-order valence-corrected chi connectivity index (χ4v) is 3.89. The number of halogens is 1. The van der Waals surface area contributed by atoms with E-state index in [1.807, 2.05) is 0 Å². The van der Waals surface area contributed by atoms with Crippen LogP contribution in [-0.2, 0) is 14.3 Å². The molecule has 3 amide bonds. The van der Waals surface area contributed by atoms with Crippen molar-refractivity contribution < 1.29 is 24.2 Å².